The van der Waals surface area contributed by atoms with Gasteiger partial charge in [-0.3, -0.25) is 28.8 Å². The fourth-order valence-corrected chi connectivity index (χ4v) is 7.56. The zero-order valence-corrected chi connectivity index (χ0v) is 32.6. The molecule has 0 radical (unpaired) electrons. The zero-order chi connectivity index (χ0) is 40.1. The van der Waals surface area contributed by atoms with Crippen LogP contribution in [-0.4, -0.2) is 140 Å². The van der Waals surface area contributed by atoms with Crippen LogP contribution in [0.3, 0.4) is 0 Å². The molecule has 2 amide bonds. The Kier molecular flexibility index (Phi) is 17.9. The monoisotopic (exact) mass is 780 g/mol. The van der Waals surface area contributed by atoms with Crippen molar-refractivity contribution in [2.24, 2.45) is 5.73 Å². The molecule has 8 N–H and O–H groups in total. The summed E-state index contributed by atoms with van der Waals surface area (Å²) in [7, 11) is 3.02. The molecule has 3 aliphatic heterocycles. The smallest absolute Gasteiger partial charge is 0.330 e. The fourth-order valence-electron chi connectivity index (χ4n) is 7.56. The predicted molar refractivity (Wildman–Crippen MR) is 202 cm³/mol. The van der Waals surface area contributed by atoms with Crippen molar-refractivity contribution < 1.29 is 44.2 Å². The van der Waals surface area contributed by atoms with Gasteiger partial charge in [0.05, 0.1) is 0 Å². The van der Waals surface area contributed by atoms with Gasteiger partial charge in [-0.05, 0) is 19.5 Å². The van der Waals surface area contributed by atoms with Crippen molar-refractivity contribution in [3.05, 3.63) is 44.9 Å². The number of unbranched alkanes of at least 4 members (excludes halogenated alkanes) is 13. The van der Waals surface area contributed by atoms with Crippen LogP contribution in [0.5, 0.6) is 0 Å². The molecule has 1 aromatic rings. The van der Waals surface area contributed by atoms with E-state index in [2.05, 4.69) is 17.2 Å². The lowest BCUT2D eigenvalue weighted by Gasteiger charge is -2.38. The molecule has 0 spiro atoms. The third-order valence-electron chi connectivity index (χ3n) is 10.9. The van der Waals surface area contributed by atoms with E-state index in [4.69, 9.17) is 19.9 Å². The molecule has 17 nitrogen and oxygen atoms in total. The Bertz CT molecular complexity index is 1510. The van der Waals surface area contributed by atoms with E-state index in [-0.39, 0.29) is 18.8 Å². The number of carbonyl (C=O) groups excluding carboxylic acids is 2. The average Bonchev–Trinajstić information content (AvgIpc) is 3.56. The van der Waals surface area contributed by atoms with Crippen LogP contribution in [0, 0.1) is 0 Å². The number of H-pyrrole nitrogens is 1. The molecule has 0 aromatic carbocycles. The summed E-state index contributed by atoms with van der Waals surface area (Å²) in [4.78, 5) is 56.7. The van der Waals surface area contributed by atoms with Crippen molar-refractivity contribution in [2.75, 3.05) is 33.7 Å². The standard InChI is InChI=1S/C38H64N6O11/c1-4-5-6-7-8-9-10-11-12-13-14-15-16-17-20-40-34(50)24-18-21-42(2)27(35(51)43(24)3)32(55-37-31(49)28(46)25(23-39)53-37)33-29(47)30(48)36(54-33)44-22-19-26(45)41-38(44)52/h18-19,22,25,27-33,36-37,46-49H,4-17,20-21,23,39H2,1-3H3,(H,40,50)(H,41,45,52)/t25-,27+,28-,29+,30-,31-,32+,33+,36-,37+/m1/s1. The normalized spacial score (nSPS) is 29.4. The number of nitrogens with one attached hydrogen (secondary N) is 2. The van der Waals surface area contributed by atoms with Crippen molar-refractivity contribution in [2.45, 2.75) is 158 Å². The fraction of sp³-hybridized carbons (Fsp3) is 0.789. The van der Waals surface area contributed by atoms with Crippen LogP contribution < -0.4 is 22.3 Å². The molecule has 1 aromatic heterocycles. The molecule has 0 unspecified atom stereocenters. The minimum atomic E-state index is -1.75. The third-order valence-corrected chi connectivity index (χ3v) is 10.9. The van der Waals surface area contributed by atoms with Gasteiger partial charge in [-0.2, -0.15) is 0 Å². The summed E-state index contributed by atoms with van der Waals surface area (Å²) in [5.74, 6) is -1.08. The van der Waals surface area contributed by atoms with Crippen LogP contribution in [0.2, 0.25) is 0 Å². The molecule has 4 heterocycles. The number of nitrogens with zero attached hydrogens (tertiary/aromatic N) is 3. The van der Waals surface area contributed by atoms with Gasteiger partial charge in [-0.1, -0.05) is 90.4 Å². The van der Waals surface area contributed by atoms with Crippen LogP contribution in [0.15, 0.2) is 33.6 Å². The first-order valence-corrected chi connectivity index (χ1v) is 20.1. The van der Waals surface area contributed by atoms with Crippen molar-refractivity contribution >= 4 is 11.8 Å². The number of hydrogen-bond acceptors (Lipinski definition) is 13. The maximum atomic E-state index is 14.3. The van der Waals surface area contributed by atoms with E-state index >= 15 is 0 Å². The van der Waals surface area contributed by atoms with Crippen LogP contribution in [0.1, 0.15) is 103 Å². The molecule has 10 atom stereocenters. The van der Waals surface area contributed by atoms with Crippen molar-refractivity contribution in [3.63, 3.8) is 0 Å². The Labute approximate surface area is 322 Å². The number of carbonyl (C=O) groups is 2. The Morgan fingerprint density at radius 2 is 1.49 bits per heavy atom. The number of aliphatic hydroxyl groups is 4. The van der Waals surface area contributed by atoms with Crippen molar-refractivity contribution in [3.8, 4) is 0 Å². The maximum absolute atomic E-state index is 14.3. The predicted octanol–water partition coefficient (Wildman–Crippen LogP) is 0.200. The van der Waals surface area contributed by atoms with Gasteiger partial charge >= 0.3 is 5.69 Å². The third kappa shape index (κ3) is 11.8. The Hall–Kier alpha value is -3.00. The molecule has 3 aliphatic rings. The van der Waals surface area contributed by atoms with Crippen molar-refractivity contribution in [1.29, 1.82) is 0 Å². The number of amides is 2. The molecule has 2 saturated heterocycles. The molecule has 0 aliphatic carbocycles. The first-order valence-electron chi connectivity index (χ1n) is 20.1. The minimum Gasteiger partial charge on any atom is -0.387 e. The molecule has 0 saturated carbocycles. The Morgan fingerprint density at radius 3 is 2.05 bits per heavy atom. The van der Waals surface area contributed by atoms with E-state index in [9.17, 15) is 39.6 Å². The lowest BCUT2D eigenvalue weighted by molar-refractivity contribution is -0.232. The first-order chi connectivity index (χ1) is 26.4. The molecular formula is C38H64N6O11. The summed E-state index contributed by atoms with van der Waals surface area (Å²) < 4.78 is 18.7. The topological polar surface area (TPSA) is 242 Å². The number of ether oxygens (including phenoxy) is 3. The lowest BCUT2D eigenvalue weighted by Crippen LogP contribution is -2.59. The van der Waals surface area contributed by atoms with Gasteiger partial charge in [0.15, 0.2) is 12.5 Å². The number of rotatable bonds is 22. The van der Waals surface area contributed by atoms with Crippen LogP contribution in [0.4, 0.5) is 0 Å². The van der Waals surface area contributed by atoms with Crippen molar-refractivity contribution in [1.82, 2.24) is 24.7 Å². The van der Waals surface area contributed by atoms with Gasteiger partial charge in [0.2, 0.25) is 5.91 Å². The van der Waals surface area contributed by atoms with E-state index in [1.54, 1.807) is 18.0 Å². The van der Waals surface area contributed by atoms with E-state index in [0.29, 0.717) is 6.54 Å². The second kappa shape index (κ2) is 22.1. The highest BCUT2D eigenvalue weighted by molar-refractivity contribution is 5.99. The van der Waals surface area contributed by atoms with Crippen LogP contribution in [0.25, 0.3) is 0 Å². The van der Waals surface area contributed by atoms with E-state index in [1.807, 2.05) is 0 Å². The van der Waals surface area contributed by atoms with Crippen LogP contribution in [-0.2, 0) is 23.8 Å². The second-order valence-corrected chi connectivity index (χ2v) is 15.1. The molecule has 0 bridgehead atoms. The molecular weight excluding hydrogens is 716 g/mol. The SMILES string of the molecule is CCCCCCCCCCCCCCCCNC(=O)C1=CCN(C)[C@@H]([C@H](O[C@@H]2O[C@H](CN)[C@@H](O)[C@H]2O)[C@H]2O[C@@H](n3ccc(=O)[nH]c3=O)[C@H](O)[C@@H]2O)C(=O)N1C. The molecule has 17 heteroatoms. The summed E-state index contributed by atoms with van der Waals surface area (Å²) in [6.07, 6.45) is 6.20. The zero-order valence-electron chi connectivity index (χ0n) is 32.6. The summed E-state index contributed by atoms with van der Waals surface area (Å²) in [5, 5.41) is 46.5. The summed E-state index contributed by atoms with van der Waals surface area (Å²) in [6, 6.07) is -0.266. The molecule has 4 rings (SSSR count). The quantitative estimate of drug-likeness (QED) is 0.0780. The highest BCUT2D eigenvalue weighted by Crippen LogP contribution is 2.36. The molecule has 2 fully saturated rings. The van der Waals surface area contributed by atoms with E-state index in [1.165, 1.54) is 76.2 Å². The minimum absolute atomic E-state index is 0.0680. The highest BCUT2D eigenvalue weighted by atomic mass is 16.7. The van der Waals surface area contributed by atoms with Gasteiger partial charge in [0.1, 0.15) is 54.5 Å². The summed E-state index contributed by atoms with van der Waals surface area (Å²) in [6.45, 7) is 2.59. The Balaban J connectivity index is 1.36. The number of nitrogens with two attached hydrogens (primary N) is 1. The number of aliphatic hydroxyl groups excluding tert-OH is 4. The number of likely N-dealkylation sites (N-methyl/N-ethyl adjacent to an activating group) is 2. The van der Waals surface area contributed by atoms with E-state index < -0.39 is 84.4 Å². The van der Waals surface area contributed by atoms with E-state index in [0.717, 1.165) is 42.5 Å². The van der Waals surface area contributed by atoms with Crippen LogP contribution >= 0.6 is 0 Å². The summed E-state index contributed by atoms with van der Waals surface area (Å²) >= 11 is 0. The highest BCUT2D eigenvalue weighted by Gasteiger charge is 2.55. The van der Waals surface area contributed by atoms with Gasteiger partial charge in [0.25, 0.3) is 11.5 Å². The summed E-state index contributed by atoms with van der Waals surface area (Å²) in [5.41, 5.74) is 4.20. The number of aromatic nitrogens is 2. The maximum Gasteiger partial charge on any atom is 0.330 e. The molecule has 55 heavy (non-hydrogen) atoms. The number of hydrogen-bond donors (Lipinski definition) is 7. The van der Waals surface area contributed by atoms with Gasteiger partial charge in [0, 0.05) is 38.9 Å². The lowest BCUT2D eigenvalue weighted by atomic mass is 9.97. The average molecular weight is 781 g/mol. The number of aromatic amines is 1. The van der Waals surface area contributed by atoms with Gasteiger partial charge in [-0.15, -0.1) is 0 Å². The second-order valence-electron chi connectivity index (χ2n) is 15.1. The first kappa shape index (κ1) is 44.7. The largest absolute Gasteiger partial charge is 0.387 e. The van der Waals surface area contributed by atoms with Gasteiger partial charge in [-0.25, -0.2) is 4.79 Å². The Morgan fingerprint density at radius 1 is 0.891 bits per heavy atom. The molecule has 312 valence electrons. The van der Waals surface area contributed by atoms with Gasteiger partial charge < -0.3 is 50.6 Å².